The number of rotatable bonds is 7. The van der Waals surface area contributed by atoms with Crippen molar-refractivity contribution in [3.8, 4) is 0 Å². The summed E-state index contributed by atoms with van der Waals surface area (Å²) < 4.78 is 0. The molecule has 2 N–H and O–H groups in total. The lowest BCUT2D eigenvalue weighted by atomic mass is 9.95. The zero-order chi connectivity index (χ0) is 14.3. The van der Waals surface area contributed by atoms with Gasteiger partial charge in [-0.15, -0.1) is 0 Å². The van der Waals surface area contributed by atoms with Gasteiger partial charge in [0.25, 0.3) is 0 Å². The number of likely N-dealkylation sites (tertiary alicyclic amines) is 1. The number of carbonyl (C=O) groups excluding carboxylic acids is 1. The van der Waals surface area contributed by atoms with Gasteiger partial charge in [-0.05, 0) is 65.2 Å². The molecule has 1 heterocycles. The van der Waals surface area contributed by atoms with Gasteiger partial charge in [0.05, 0.1) is 6.04 Å². The third-order valence-corrected chi connectivity index (χ3v) is 4.26. The Labute approximate surface area is 118 Å². The summed E-state index contributed by atoms with van der Waals surface area (Å²) in [6.45, 7) is 12.6. The fraction of sp³-hybridized carbons (Fsp3) is 0.933. The van der Waals surface area contributed by atoms with E-state index in [9.17, 15) is 4.79 Å². The Kier molecular flexibility index (Phi) is 7.39. The van der Waals surface area contributed by atoms with Gasteiger partial charge in [-0.2, -0.15) is 0 Å². The summed E-state index contributed by atoms with van der Waals surface area (Å²) in [4.78, 5) is 14.4. The normalized spacial score (nSPS) is 21.1. The number of hydrogen-bond donors (Lipinski definition) is 2. The summed E-state index contributed by atoms with van der Waals surface area (Å²) in [6, 6.07) is 0.287. The number of amides is 1. The van der Waals surface area contributed by atoms with Crippen molar-refractivity contribution in [2.75, 3.05) is 26.2 Å². The molecule has 0 aromatic heterocycles. The van der Waals surface area contributed by atoms with Gasteiger partial charge < -0.3 is 10.6 Å². The molecule has 19 heavy (non-hydrogen) atoms. The minimum Gasteiger partial charge on any atom is -0.352 e. The number of hydrogen-bond acceptors (Lipinski definition) is 3. The molecule has 0 aliphatic carbocycles. The van der Waals surface area contributed by atoms with Gasteiger partial charge >= 0.3 is 0 Å². The van der Waals surface area contributed by atoms with Crippen LogP contribution >= 0.6 is 0 Å². The molecule has 1 rings (SSSR count). The first kappa shape index (κ1) is 16.4. The topological polar surface area (TPSA) is 44.4 Å². The molecular formula is C15H31N3O. The number of carbonyl (C=O) groups is 1. The smallest absolute Gasteiger partial charge is 0.237 e. The summed E-state index contributed by atoms with van der Waals surface area (Å²) in [5.74, 6) is 0.959. The van der Waals surface area contributed by atoms with Gasteiger partial charge in [-0.25, -0.2) is 0 Å². The molecule has 0 aromatic carbocycles. The Balaban J connectivity index is 2.31. The predicted molar refractivity (Wildman–Crippen MR) is 80.2 cm³/mol. The first-order valence-corrected chi connectivity index (χ1v) is 7.83. The van der Waals surface area contributed by atoms with Crippen molar-refractivity contribution in [3.63, 3.8) is 0 Å². The zero-order valence-electron chi connectivity index (χ0n) is 13.0. The molecule has 4 nitrogen and oxygen atoms in total. The fourth-order valence-corrected chi connectivity index (χ4v) is 2.52. The molecular weight excluding hydrogens is 238 g/mol. The van der Waals surface area contributed by atoms with Crippen LogP contribution in [-0.4, -0.2) is 49.1 Å². The Morgan fingerprint density at radius 1 is 1.26 bits per heavy atom. The van der Waals surface area contributed by atoms with Crippen molar-refractivity contribution in [2.45, 2.75) is 59.0 Å². The lowest BCUT2D eigenvalue weighted by Crippen LogP contribution is -2.50. The van der Waals surface area contributed by atoms with E-state index in [-0.39, 0.29) is 18.0 Å². The second-order valence-electron chi connectivity index (χ2n) is 5.78. The van der Waals surface area contributed by atoms with E-state index in [2.05, 4.69) is 36.3 Å². The highest BCUT2D eigenvalue weighted by Gasteiger charge is 2.26. The molecule has 2 atom stereocenters. The van der Waals surface area contributed by atoms with Gasteiger partial charge in [-0.3, -0.25) is 9.69 Å². The number of nitrogens with one attached hydrogen (secondary N) is 2. The summed E-state index contributed by atoms with van der Waals surface area (Å²) in [5, 5.41) is 6.50. The van der Waals surface area contributed by atoms with Crippen molar-refractivity contribution in [1.29, 1.82) is 0 Å². The Hall–Kier alpha value is -0.610. The van der Waals surface area contributed by atoms with E-state index in [1.807, 2.05) is 6.92 Å². The lowest BCUT2D eigenvalue weighted by molar-refractivity contribution is -0.127. The van der Waals surface area contributed by atoms with E-state index >= 15 is 0 Å². The third kappa shape index (κ3) is 5.49. The van der Waals surface area contributed by atoms with Crippen LogP contribution in [0.4, 0.5) is 0 Å². The highest BCUT2D eigenvalue weighted by molar-refractivity contribution is 5.81. The van der Waals surface area contributed by atoms with E-state index in [1.54, 1.807) is 0 Å². The van der Waals surface area contributed by atoms with Crippen LogP contribution in [0.2, 0.25) is 0 Å². The molecule has 2 unspecified atom stereocenters. The first-order valence-electron chi connectivity index (χ1n) is 7.83. The summed E-state index contributed by atoms with van der Waals surface area (Å²) in [7, 11) is 0. The highest BCUT2D eigenvalue weighted by atomic mass is 16.2. The maximum Gasteiger partial charge on any atom is 0.237 e. The van der Waals surface area contributed by atoms with E-state index in [0.717, 1.165) is 38.5 Å². The van der Waals surface area contributed by atoms with Gasteiger partial charge in [0.15, 0.2) is 0 Å². The van der Waals surface area contributed by atoms with Crippen molar-refractivity contribution in [3.05, 3.63) is 0 Å². The monoisotopic (exact) mass is 269 g/mol. The quantitative estimate of drug-likeness (QED) is 0.738. The predicted octanol–water partition coefficient (Wildman–Crippen LogP) is 1.61. The van der Waals surface area contributed by atoms with Gasteiger partial charge in [-0.1, -0.05) is 13.8 Å². The Bertz CT molecular complexity index is 262. The molecule has 1 fully saturated rings. The maximum absolute atomic E-state index is 12.1. The van der Waals surface area contributed by atoms with E-state index < -0.39 is 0 Å². The van der Waals surface area contributed by atoms with E-state index in [1.165, 1.54) is 12.8 Å². The van der Waals surface area contributed by atoms with Crippen LogP contribution in [0.5, 0.6) is 0 Å². The molecule has 112 valence electrons. The SMILES string of the molecule is CCNCC1CCN(C(C)C(=O)NC(C)CC)CC1. The molecule has 0 saturated carbocycles. The van der Waals surface area contributed by atoms with Gasteiger partial charge in [0.1, 0.15) is 0 Å². The molecule has 0 aromatic rings. The molecule has 0 bridgehead atoms. The summed E-state index contributed by atoms with van der Waals surface area (Å²) >= 11 is 0. The summed E-state index contributed by atoms with van der Waals surface area (Å²) in [6.07, 6.45) is 3.39. The maximum atomic E-state index is 12.1. The zero-order valence-corrected chi connectivity index (χ0v) is 13.0. The van der Waals surface area contributed by atoms with Crippen LogP contribution < -0.4 is 10.6 Å². The second-order valence-corrected chi connectivity index (χ2v) is 5.78. The largest absolute Gasteiger partial charge is 0.352 e. The standard InChI is InChI=1S/C15H31N3O/c1-5-12(3)17-15(19)13(4)18-9-7-14(8-10-18)11-16-6-2/h12-14,16H,5-11H2,1-4H3,(H,17,19). The molecule has 4 heteroatoms. The molecule has 0 radical (unpaired) electrons. The molecule has 1 aliphatic heterocycles. The fourth-order valence-electron chi connectivity index (χ4n) is 2.52. The number of nitrogens with zero attached hydrogens (tertiary/aromatic N) is 1. The van der Waals surface area contributed by atoms with Crippen LogP contribution in [0.15, 0.2) is 0 Å². The third-order valence-electron chi connectivity index (χ3n) is 4.26. The first-order chi connectivity index (χ1) is 9.08. The minimum atomic E-state index is 0.00841. The van der Waals surface area contributed by atoms with E-state index in [4.69, 9.17) is 0 Å². The lowest BCUT2D eigenvalue weighted by Gasteiger charge is -2.35. The molecule has 1 aliphatic rings. The summed E-state index contributed by atoms with van der Waals surface area (Å²) in [5.41, 5.74) is 0. The minimum absolute atomic E-state index is 0.00841. The van der Waals surface area contributed by atoms with Gasteiger partial charge in [0.2, 0.25) is 5.91 Å². The van der Waals surface area contributed by atoms with Crippen molar-refractivity contribution in [1.82, 2.24) is 15.5 Å². The van der Waals surface area contributed by atoms with Crippen LogP contribution in [0.3, 0.4) is 0 Å². The van der Waals surface area contributed by atoms with Crippen LogP contribution in [-0.2, 0) is 4.79 Å². The average molecular weight is 269 g/mol. The van der Waals surface area contributed by atoms with Crippen molar-refractivity contribution >= 4 is 5.91 Å². The van der Waals surface area contributed by atoms with Crippen LogP contribution in [0, 0.1) is 5.92 Å². The Morgan fingerprint density at radius 2 is 1.89 bits per heavy atom. The Morgan fingerprint density at radius 3 is 2.42 bits per heavy atom. The van der Waals surface area contributed by atoms with E-state index in [0.29, 0.717) is 0 Å². The van der Waals surface area contributed by atoms with Crippen molar-refractivity contribution in [2.24, 2.45) is 5.92 Å². The van der Waals surface area contributed by atoms with Crippen molar-refractivity contribution < 1.29 is 4.79 Å². The molecule has 0 spiro atoms. The highest BCUT2D eigenvalue weighted by Crippen LogP contribution is 2.18. The molecule has 1 saturated heterocycles. The van der Waals surface area contributed by atoms with Crippen LogP contribution in [0.1, 0.15) is 47.0 Å². The average Bonchev–Trinajstić information content (AvgIpc) is 2.44. The second kappa shape index (κ2) is 8.54. The number of piperidine rings is 1. The van der Waals surface area contributed by atoms with Gasteiger partial charge in [0, 0.05) is 6.04 Å². The van der Waals surface area contributed by atoms with Crippen LogP contribution in [0.25, 0.3) is 0 Å². The molecule has 1 amide bonds.